The summed E-state index contributed by atoms with van der Waals surface area (Å²) in [5.74, 6) is -0.951. The number of esters is 1. The van der Waals surface area contributed by atoms with Crippen LogP contribution in [0, 0.1) is 0 Å². The van der Waals surface area contributed by atoms with E-state index < -0.39 is 23.1 Å². The van der Waals surface area contributed by atoms with Crippen molar-refractivity contribution >= 4 is 5.97 Å². The molecule has 6 heteroatoms. The molecule has 0 aliphatic heterocycles. The zero-order valence-corrected chi connectivity index (χ0v) is 15.4. The van der Waals surface area contributed by atoms with Gasteiger partial charge in [-0.15, -0.1) is 0 Å². The Labute approximate surface area is 152 Å². The number of hydrogen-bond acceptors (Lipinski definition) is 6. The van der Waals surface area contributed by atoms with E-state index in [1.807, 2.05) is 24.3 Å². The van der Waals surface area contributed by atoms with Crippen molar-refractivity contribution in [2.45, 2.75) is 38.7 Å². The van der Waals surface area contributed by atoms with Crippen molar-refractivity contribution in [3.8, 4) is 5.75 Å². The first-order valence-electron chi connectivity index (χ1n) is 8.38. The molecule has 140 valence electrons. The lowest BCUT2D eigenvalue weighted by molar-refractivity contribution is -0.140. The quantitative estimate of drug-likeness (QED) is 0.763. The molecule has 0 amide bonds. The van der Waals surface area contributed by atoms with Gasteiger partial charge in [0.25, 0.3) is 0 Å². The van der Waals surface area contributed by atoms with E-state index in [0.717, 1.165) is 11.1 Å². The van der Waals surface area contributed by atoms with E-state index >= 15 is 0 Å². The van der Waals surface area contributed by atoms with E-state index in [0.29, 0.717) is 5.92 Å². The molecule has 0 saturated heterocycles. The summed E-state index contributed by atoms with van der Waals surface area (Å²) in [5.41, 5.74) is 1.31. The number of ether oxygens (including phenoxy) is 2. The monoisotopic (exact) mass is 360 g/mol. The van der Waals surface area contributed by atoms with E-state index in [9.17, 15) is 14.7 Å². The Bertz CT molecular complexity index is 804. The molecule has 26 heavy (non-hydrogen) atoms. The molecule has 1 aromatic carbocycles. The van der Waals surface area contributed by atoms with Gasteiger partial charge in [-0.25, -0.2) is 0 Å². The second kappa shape index (κ2) is 8.67. The molecule has 1 aromatic heterocycles. The van der Waals surface area contributed by atoms with Gasteiger partial charge >= 0.3 is 5.97 Å². The molecule has 2 aromatic rings. The first-order valence-corrected chi connectivity index (χ1v) is 8.38. The topological polar surface area (TPSA) is 86.0 Å². The zero-order chi connectivity index (χ0) is 19.3. The van der Waals surface area contributed by atoms with Gasteiger partial charge in [-0.1, -0.05) is 38.1 Å². The van der Waals surface area contributed by atoms with Crippen molar-refractivity contribution in [1.82, 2.24) is 0 Å². The highest BCUT2D eigenvalue weighted by atomic mass is 16.5. The van der Waals surface area contributed by atoms with Gasteiger partial charge in [0.1, 0.15) is 12.4 Å². The summed E-state index contributed by atoms with van der Waals surface area (Å²) in [6.45, 7) is 4.25. The molecule has 0 aliphatic carbocycles. The molecule has 0 spiro atoms. The molecule has 0 fully saturated rings. The fourth-order valence-electron chi connectivity index (χ4n) is 2.73. The lowest BCUT2D eigenvalue weighted by atomic mass is 9.90. The second-order valence-corrected chi connectivity index (χ2v) is 6.38. The highest BCUT2D eigenvalue weighted by Gasteiger charge is 2.26. The van der Waals surface area contributed by atoms with Gasteiger partial charge in [-0.2, -0.15) is 0 Å². The van der Waals surface area contributed by atoms with Gasteiger partial charge in [0, 0.05) is 13.2 Å². The highest BCUT2D eigenvalue weighted by Crippen LogP contribution is 2.34. The maximum atomic E-state index is 12.1. The predicted molar refractivity (Wildman–Crippen MR) is 96.4 cm³/mol. The Morgan fingerprint density at radius 1 is 1.15 bits per heavy atom. The molecule has 1 atom stereocenters. The minimum atomic E-state index is -0.645. The first kappa shape index (κ1) is 19.7. The van der Waals surface area contributed by atoms with Gasteiger partial charge in [0.2, 0.25) is 11.2 Å². The van der Waals surface area contributed by atoms with Crippen LogP contribution in [0.1, 0.15) is 54.8 Å². The number of hydrogen-bond donors (Lipinski definition) is 1. The van der Waals surface area contributed by atoms with Crippen molar-refractivity contribution in [2.24, 2.45) is 0 Å². The van der Waals surface area contributed by atoms with Crippen molar-refractivity contribution in [3.05, 3.63) is 63.2 Å². The molecule has 2 rings (SSSR count). The summed E-state index contributed by atoms with van der Waals surface area (Å²) in [5, 5.41) is 10.3. The summed E-state index contributed by atoms with van der Waals surface area (Å²) < 4.78 is 15.5. The van der Waals surface area contributed by atoms with E-state index in [1.165, 1.54) is 20.3 Å². The predicted octanol–water partition coefficient (Wildman–Crippen LogP) is 3.31. The molecule has 0 unspecified atom stereocenters. The highest BCUT2D eigenvalue weighted by molar-refractivity contribution is 5.71. The third-order valence-electron chi connectivity index (χ3n) is 4.21. The van der Waals surface area contributed by atoms with Crippen LogP contribution in [-0.2, 0) is 20.9 Å². The van der Waals surface area contributed by atoms with Gasteiger partial charge in [0.15, 0.2) is 5.76 Å². The Morgan fingerprint density at radius 2 is 1.77 bits per heavy atom. The SMILES string of the molecule is COCc1cc(=O)c(O)c([C@@H](CC(=O)OC)c2ccc(C(C)C)cc2)o1. The lowest BCUT2D eigenvalue weighted by Gasteiger charge is -2.18. The van der Waals surface area contributed by atoms with E-state index in [4.69, 9.17) is 13.9 Å². The van der Waals surface area contributed by atoms with E-state index in [-0.39, 0.29) is 24.5 Å². The molecule has 1 N–H and O–H groups in total. The molecule has 1 heterocycles. The van der Waals surface area contributed by atoms with Gasteiger partial charge < -0.3 is 19.0 Å². The minimum absolute atomic E-state index is 0.0345. The van der Waals surface area contributed by atoms with E-state index in [2.05, 4.69) is 13.8 Å². The molecule has 0 aliphatic rings. The third-order valence-corrected chi connectivity index (χ3v) is 4.21. The lowest BCUT2D eigenvalue weighted by Crippen LogP contribution is -2.14. The van der Waals surface area contributed by atoms with Crippen molar-refractivity contribution < 1.29 is 23.8 Å². The standard InChI is InChI=1S/C20H24O6/c1-12(2)13-5-7-14(8-6-13)16(10-18(22)25-4)20-19(23)17(21)9-15(26-20)11-24-3/h5-9,12,16,23H,10-11H2,1-4H3/t16-/m0/s1. The smallest absolute Gasteiger partial charge is 0.306 e. The molecule has 0 saturated carbocycles. The Morgan fingerprint density at radius 3 is 2.31 bits per heavy atom. The fourth-order valence-corrected chi connectivity index (χ4v) is 2.73. The summed E-state index contributed by atoms with van der Waals surface area (Å²) in [7, 11) is 2.77. The maximum absolute atomic E-state index is 12.1. The molecule has 6 nitrogen and oxygen atoms in total. The molecule has 0 radical (unpaired) electrons. The van der Waals surface area contributed by atoms with Crippen LogP contribution < -0.4 is 5.43 Å². The summed E-state index contributed by atoms with van der Waals surface area (Å²) >= 11 is 0. The number of carbonyl (C=O) groups excluding carboxylic acids is 1. The average Bonchev–Trinajstić information content (AvgIpc) is 2.63. The minimum Gasteiger partial charge on any atom is -0.502 e. The van der Waals surface area contributed by atoms with Gasteiger partial charge in [-0.05, 0) is 17.0 Å². The van der Waals surface area contributed by atoms with Crippen molar-refractivity contribution in [3.63, 3.8) is 0 Å². The van der Waals surface area contributed by atoms with Crippen LogP contribution in [-0.4, -0.2) is 25.3 Å². The molecular formula is C20H24O6. The van der Waals surface area contributed by atoms with Crippen LogP contribution in [0.4, 0.5) is 0 Å². The fraction of sp³-hybridized carbons (Fsp3) is 0.400. The van der Waals surface area contributed by atoms with Crippen LogP contribution >= 0.6 is 0 Å². The zero-order valence-electron chi connectivity index (χ0n) is 15.4. The summed E-state index contributed by atoms with van der Waals surface area (Å²) in [6, 6.07) is 8.83. The van der Waals surface area contributed by atoms with E-state index in [1.54, 1.807) is 0 Å². The van der Waals surface area contributed by atoms with Crippen LogP contribution in [0.2, 0.25) is 0 Å². The Balaban J connectivity index is 2.54. The van der Waals surface area contributed by atoms with Crippen LogP contribution in [0.15, 0.2) is 39.5 Å². The first-order chi connectivity index (χ1) is 12.4. The summed E-state index contributed by atoms with van der Waals surface area (Å²) in [4.78, 5) is 24.0. The number of aromatic hydroxyl groups is 1. The maximum Gasteiger partial charge on any atom is 0.306 e. The van der Waals surface area contributed by atoms with Crippen LogP contribution in [0.3, 0.4) is 0 Å². The molecule has 0 bridgehead atoms. The normalized spacial score (nSPS) is 12.2. The largest absolute Gasteiger partial charge is 0.502 e. The number of methoxy groups -OCH3 is 2. The number of rotatable bonds is 7. The second-order valence-electron chi connectivity index (χ2n) is 6.38. The van der Waals surface area contributed by atoms with Crippen molar-refractivity contribution in [2.75, 3.05) is 14.2 Å². The summed E-state index contributed by atoms with van der Waals surface area (Å²) in [6.07, 6.45) is -0.0650. The number of benzene rings is 1. The number of carbonyl (C=O) groups is 1. The Kier molecular flexibility index (Phi) is 6.58. The van der Waals surface area contributed by atoms with Crippen LogP contribution in [0.5, 0.6) is 5.75 Å². The van der Waals surface area contributed by atoms with Gasteiger partial charge in [-0.3, -0.25) is 9.59 Å². The van der Waals surface area contributed by atoms with Crippen molar-refractivity contribution in [1.29, 1.82) is 0 Å². The van der Waals surface area contributed by atoms with Crippen LogP contribution in [0.25, 0.3) is 0 Å². The average molecular weight is 360 g/mol. The third kappa shape index (κ3) is 4.52. The molecular weight excluding hydrogens is 336 g/mol. The Hall–Kier alpha value is -2.60. The van der Waals surface area contributed by atoms with Gasteiger partial charge in [0.05, 0.1) is 19.4 Å².